The van der Waals surface area contributed by atoms with Crippen molar-refractivity contribution in [2.24, 2.45) is 0 Å². The molecule has 0 bridgehead atoms. The van der Waals surface area contributed by atoms with E-state index in [-0.39, 0.29) is 0 Å². The third-order valence-corrected chi connectivity index (χ3v) is 4.15. The van der Waals surface area contributed by atoms with E-state index in [9.17, 15) is 0 Å². The maximum Gasteiger partial charge on any atom is 0.137 e. The fourth-order valence-corrected chi connectivity index (χ4v) is 3.16. The van der Waals surface area contributed by atoms with Crippen LogP contribution < -0.4 is 4.90 Å². The van der Waals surface area contributed by atoms with Crippen LogP contribution in [0, 0.1) is 0 Å². The van der Waals surface area contributed by atoms with E-state index in [1.807, 2.05) is 26.1 Å². The van der Waals surface area contributed by atoms with Gasteiger partial charge in [-0.05, 0) is 18.6 Å². The molecule has 0 aliphatic heterocycles. The lowest BCUT2D eigenvalue weighted by molar-refractivity contribution is 0.881. The molecule has 0 fully saturated rings. The number of halogens is 2. The molecule has 2 rings (SSSR count). The second-order valence-electron chi connectivity index (χ2n) is 3.88. The van der Waals surface area contributed by atoms with Gasteiger partial charge in [0.25, 0.3) is 0 Å². The second kappa shape index (κ2) is 5.87. The smallest absolute Gasteiger partial charge is 0.137 e. The van der Waals surface area contributed by atoms with Crippen molar-refractivity contribution in [3.05, 3.63) is 38.4 Å². The van der Waals surface area contributed by atoms with E-state index in [4.69, 9.17) is 23.2 Å². The molecular formula is C12H13Cl2N3S. The first-order valence-corrected chi connectivity index (χ1v) is 7.13. The summed E-state index contributed by atoms with van der Waals surface area (Å²) in [4.78, 5) is 11.6. The monoisotopic (exact) mass is 301 g/mol. The lowest BCUT2D eigenvalue weighted by Gasteiger charge is -2.20. The summed E-state index contributed by atoms with van der Waals surface area (Å²) in [5, 5.41) is 0.526. The van der Waals surface area contributed by atoms with Gasteiger partial charge in [0, 0.05) is 17.5 Å². The summed E-state index contributed by atoms with van der Waals surface area (Å²) in [6, 6.07) is 3.93. The molecule has 0 aromatic carbocycles. The normalized spacial score (nSPS) is 10.7. The van der Waals surface area contributed by atoms with Crippen molar-refractivity contribution >= 4 is 40.4 Å². The number of hydrogen-bond donors (Lipinski definition) is 0. The lowest BCUT2D eigenvalue weighted by atomic mass is 10.2. The molecule has 0 unspecified atom stereocenters. The van der Waals surface area contributed by atoms with Crippen LogP contribution in [-0.4, -0.2) is 17.0 Å². The minimum Gasteiger partial charge on any atom is -0.354 e. The summed E-state index contributed by atoms with van der Waals surface area (Å²) in [5.41, 5.74) is 0.976. The van der Waals surface area contributed by atoms with Crippen LogP contribution in [0.4, 0.5) is 5.82 Å². The third kappa shape index (κ3) is 2.94. The minimum absolute atomic E-state index is 0.526. The Morgan fingerprint density at radius 2 is 2.06 bits per heavy atom. The molecule has 0 amide bonds. The molecule has 0 spiro atoms. The van der Waals surface area contributed by atoms with Gasteiger partial charge in [-0.3, -0.25) is 0 Å². The quantitative estimate of drug-likeness (QED) is 0.798. The van der Waals surface area contributed by atoms with E-state index >= 15 is 0 Å². The molecule has 0 radical (unpaired) electrons. The Morgan fingerprint density at radius 3 is 2.67 bits per heavy atom. The van der Waals surface area contributed by atoms with Gasteiger partial charge in [-0.1, -0.05) is 30.1 Å². The Balaban J connectivity index is 2.23. The van der Waals surface area contributed by atoms with Crippen molar-refractivity contribution < 1.29 is 0 Å². The van der Waals surface area contributed by atoms with Crippen LogP contribution in [0.15, 0.2) is 18.5 Å². The Hall–Kier alpha value is -0.840. The largest absolute Gasteiger partial charge is 0.354 e. The Kier molecular flexibility index (Phi) is 4.43. The van der Waals surface area contributed by atoms with Crippen molar-refractivity contribution in [2.45, 2.75) is 19.9 Å². The summed E-state index contributed by atoms with van der Waals surface area (Å²) in [5.74, 6) is 0.877. The van der Waals surface area contributed by atoms with Gasteiger partial charge in [0.05, 0.1) is 10.9 Å². The van der Waals surface area contributed by atoms with Gasteiger partial charge in [0.1, 0.15) is 17.3 Å². The number of thiophene rings is 1. The molecule has 0 saturated carbocycles. The van der Waals surface area contributed by atoms with E-state index in [1.54, 1.807) is 11.3 Å². The number of aromatic nitrogens is 2. The van der Waals surface area contributed by atoms with Crippen LogP contribution in [-0.2, 0) is 13.0 Å². The zero-order valence-corrected chi connectivity index (χ0v) is 12.5. The van der Waals surface area contributed by atoms with Gasteiger partial charge in [-0.15, -0.1) is 11.3 Å². The zero-order valence-electron chi connectivity index (χ0n) is 10.2. The molecule has 18 heavy (non-hydrogen) atoms. The topological polar surface area (TPSA) is 29.0 Å². The first-order valence-electron chi connectivity index (χ1n) is 5.56. The Morgan fingerprint density at radius 1 is 1.28 bits per heavy atom. The van der Waals surface area contributed by atoms with Gasteiger partial charge >= 0.3 is 0 Å². The van der Waals surface area contributed by atoms with Crippen LogP contribution in [0.5, 0.6) is 0 Å². The first kappa shape index (κ1) is 13.6. The van der Waals surface area contributed by atoms with Gasteiger partial charge in [0.15, 0.2) is 0 Å². The average molecular weight is 302 g/mol. The van der Waals surface area contributed by atoms with Crippen LogP contribution in [0.2, 0.25) is 9.49 Å². The predicted octanol–water partition coefficient (Wildman–Crippen LogP) is 4.04. The van der Waals surface area contributed by atoms with Gasteiger partial charge in [0.2, 0.25) is 0 Å². The van der Waals surface area contributed by atoms with E-state index in [1.165, 1.54) is 11.2 Å². The van der Waals surface area contributed by atoms with E-state index in [0.29, 0.717) is 5.15 Å². The molecule has 0 atom stereocenters. The first-order chi connectivity index (χ1) is 8.61. The summed E-state index contributed by atoms with van der Waals surface area (Å²) in [6.45, 7) is 2.81. The van der Waals surface area contributed by atoms with Gasteiger partial charge in [-0.25, -0.2) is 9.97 Å². The minimum atomic E-state index is 0.526. The molecule has 0 saturated heterocycles. The summed E-state index contributed by atoms with van der Waals surface area (Å²) in [7, 11) is 1.99. The second-order valence-corrected chi connectivity index (χ2v) is 6.04. The standard InChI is InChI=1S/C12H13Cl2N3S/c1-3-9-11(14)15-7-16-12(9)17(2)6-8-4-5-10(13)18-8/h4-5,7H,3,6H2,1-2H3. The highest BCUT2D eigenvalue weighted by Crippen LogP contribution is 2.27. The summed E-state index contributed by atoms with van der Waals surface area (Å²) >= 11 is 13.6. The van der Waals surface area contributed by atoms with Crippen LogP contribution >= 0.6 is 34.5 Å². The van der Waals surface area contributed by atoms with Crippen LogP contribution in [0.25, 0.3) is 0 Å². The molecule has 0 aliphatic rings. The molecule has 0 N–H and O–H groups in total. The van der Waals surface area contributed by atoms with Crippen LogP contribution in [0.3, 0.4) is 0 Å². The summed E-state index contributed by atoms with van der Waals surface area (Å²) in [6.07, 6.45) is 2.30. The number of nitrogens with zero attached hydrogens (tertiary/aromatic N) is 3. The fourth-order valence-electron chi connectivity index (χ4n) is 1.76. The Labute approximate surface area is 120 Å². The lowest BCUT2D eigenvalue weighted by Crippen LogP contribution is -2.19. The number of rotatable bonds is 4. The third-order valence-electron chi connectivity index (χ3n) is 2.61. The highest BCUT2D eigenvalue weighted by molar-refractivity contribution is 7.16. The maximum absolute atomic E-state index is 6.08. The van der Waals surface area contributed by atoms with Gasteiger partial charge < -0.3 is 4.90 Å². The van der Waals surface area contributed by atoms with Crippen molar-refractivity contribution in [2.75, 3.05) is 11.9 Å². The van der Waals surface area contributed by atoms with E-state index in [0.717, 1.165) is 28.7 Å². The summed E-state index contributed by atoms with van der Waals surface area (Å²) < 4.78 is 0.801. The average Bonchev–Trinajstić information content (AvgIpc) is 2.74. The van der Waals surface area contributed by atoms with Crippen molar-refractivity contribution in [1.82, 2.24) is 9.97 Å². The highest BCUT2D eigenvalue weighted by Gasteiger charge is 2.13. The maximum atomic E-state index is 6.08. The Bertz CT molecular complexity index is 542. The molecule has 0 aliphatic carbocycles. The molecule has 3 nitrogen and oxygen atoms in total. The van der Waals surface area contributed by atoms with Crippen LogP contribution in [0.1, 0.15) is 17.4 Å². The molecule has 2 aromatic heterocycles. The molecular weight excluding hydrogens is 289 g/mol. The molecule has 2 aromatic rings. The fraction of sp³-hybridized carbons (Fsp3) is 0.333. The molecule has 96 valence electrons. The zero-order chi connectivity index (χ0) is 13.1. The number of anilines is 1. The molecule has 6 heteroatoms. The van der Waals surface area contributed by atoms with Gasteiger partial charge in [-0.2, -0.15) is 0 Å². The molecule has 2 heterocycles. The van der Waals surface area contributed by atoms with E-state index in [2.05, 4.69) is 14.9 Å². The van der Waals surface area contributed by atoms with Crippen molar-refractivity contribution in [1.29, 1.82) is 0 Å². The van der Waals surface area contributed by atoms with Crippen molar-refractivity contribution in [3.63, 3.8) is 0 Å². The number of hydrogen-bond acceptors (Lipinski definition) is 4. The van der Waals surface area contributed by atoms with E-state index < -0.39 is 0 Å². The highest BCUT2D eigenvalue weighted by atomic mass is 35.5. The van der Waals surface area contributed by atoms with Crippen molar-refractivity contribution in [3.8, 4) is 0 Å². The predicted molar refractivity (Wildman–Crippen MR) is 77.9 cm³/mol. The SMILES string of the molecule is CCc1c(Cl)ncnc1N(C)Cc1ccc(Cl)s1.